The van der Waals surface area contributed by atoms with Crippen molar-refractivity contribution in [2.75, 3.05) is 7.11 Å². The number of hydrogen-bond acceptors (Lipinski definition) is 6. The fourth-order valence-electron chi connectivity index (χ4n) is 3.25. The van der Waals surface area contributed by atoms with E-state index in [0.29, 0.717) is 5.69 Å². The normalized spacial score (nSPS) is 32.3. The number of methoxy groups -OCH3 is 1. The third-order valence-electron chi connectivity index (χ3n) is 4.21. The van der Waals surface area contributed by atoms with Gasteiger partial charge in [0.05, 0.1) is 5.52 Å². The lowest BCUT2D eigenvalue weighted by Crippen LogP contribution is -2.36. The van der Waals surface area contributed by atoms with Gasteiger partial charge in [-0.3, -0.25) is 9.89 Å². The second kappa shape index (κ2) is 5.10. The molecule has 1 aromatic carbocycles. The smallest absolute Gasteiger partial charge is 0.215 e. The van der Waals surface area contributed by atoms with Crippen LogP contribution in [0, 0.1) is 0 Å². The highest BCUT2D eigenvalue weighted by Gasteiger charge is 2.58. The maximum Gasteiger partial charge on any atom is 0.215 e. The number of nitrogens with one attached hydrogen (secondary N) is 1. The second-order valence-corrected chi connectivity index (χ2v) is 6.21. The highest BCUT2D eigenvalue weighted by Crippen LogP contribution is 2.40. The first-order valence-corrected chi connectivity index (χ1v) is 7.51. The number of ether oxygens (including phenoxy) is 4. The summed E-state index contributed by atoms with van der Waals surface area (Å²) in [7, 11) is 1.52. The van der Waals surface area contributed by atoms with Crippen molar-refractivity contribution in [3.8, 4) is 0 Å². The van der Waals surface area contributed by atoms with Crippen LogP contribution in [-0.4, -0.2) is 53.5 Å². The van der Waals surface area contributed by atoms with Gasteiger partial charge in [0.2, 0.25) is 5.78 Å². The number of carbonyl (C=O) groups is 1. The van der Waals surface area contributed by atoms with Crippen molar-refractivity contribution in [3.05, 3.63) is 30.0 Å². The van der Waals surface area contributed by atoms with Crippen LogP contribution in [0.25, 0.3) is 10.9 Å². The van der Waals surface area contributed by atoms with E-state index < -0.39 is 30.4 Å². The number of aromatic amines is 1. The van der Waals surface area contributed by atoms with E-state index in [1.54, 1.807) is 0 Å². The Kier molecular flexibility index (Phi) is 3.28. The number of aromatic nitrogens is 2. The van der Waals surface area contributed by atoms with E-state index in [4.69, 9.17) is 18.9 Å². The van der Waals surface area contributed by atoms with E-state index in [9.17, 15) is 4.79 Å². The SMILES string of the molecule is CO[C@@H]1O[C@H](C(=O)c2n[nH]c3ccccc23)[C@H]2OC(C)(C)O[C@@H]12. The van der Waals surface area contributed by atoms with Crippen molar-refractivity contribution >= 4 is 16.7 Å². The number of Topliss-reactive ketones (excluding diaryl/α,β-unsaturated/α-hetero) is 1. The van der Waals surface area contributed by atoms with Gasteiger partial charge in [0.25, 0.3) is 0 Å². The van der Waals surface area contributed by atoms with Crippen molar-refractivity contribution < 1.29 is 23.7 Å². The van der Waals surface area contributed by atoms with Crippen LogP contribution in [0.2, 0.25) is 0 Å². The average Bonchev–Trinajstić information content (AvgIpc) is 3.16. The summed E-state index contributed by atoms with van der Waals surface area (Å²) in [5, 5.41) is 7.77. The molecule has 1 aromatic heterocycles. The molecule has 3 heterocycles. The maximum atomic E-state index is 12.9. The molecule has 0 radical (unpaired) electrons. The fraction of sp³-hybridized carbons (Fsp3) is 0.500. The Morgan fingerprint density at radius 1 is 1.26 bits per heavy atom. The molecule has 0 saturated carbocycles. The molecular weight excluding hydrogens is 300 g/mol. The third kappa shape index (κ3) is 2.28. The predicted molar refractivity (Wildman–Crippen MR) is 79.9 cm³/mol. The standard InChI is InChI=1S/C16H18N2O5/c1-16(2)22-13-12(21-15(20-3)14(13)23-16)11(19)10-8-6-4-5-7-9(8)17-18-10/h4-7,12-15H,1-3H3,(H,17,18)/t12-,13-,14-,15-/m1/s1. The van der Waals surface area contributed by atoms with Crippen LogP contribution < -0.4 is 0 Å². The van der Waals surface area contributed by atoms with Gasteiger partial charge in [0.15, 0.2) is 18.2 Å². The van der Waals surface area contributed by atoms with E-state index in [0.717, 1.165) is 10.9 Å². The van der Waals surface area contributed by atoms with Gasteiger partial charge in [-0.2, -0.15) is 5.10 Å². The first kappa shape index (κ1) is 14.8. The van der Waals surface area contributed by atoms with Gasteiger partial charge in [-0.25, -0.2) is 0 Å². The molecule has 2 aliphatic heterocycles. The molecule has 2 saturated heterocycles. The summed E-state index contributed by atoms with van der Waals surface area (Å²) in [5.41, 5.74) is 1.15. The number of rotatable bonds is 3. The number of fused-ring (bicyclic) bond motifs is 2. The topological polar surface area (TPSA) is 82.7 Å². The Bertz CT molecular complexity index is 756. The van der Waals surface area contributed by atoms with Gasteiger partial charge in [-0.15, -0.1) is 0 Å². The quantitative estimate of drug-likeness (QED) is 0.866. The summed E-state index contributed by atoms with van der Waals surface area (Å²) in [5.74, 6) is -1.01. The number of ketones is 1. The van der Waals surface area contributed by atoms with Crippen molar-refractivity contribution in [1.82, 2.24) is 10.2 Å². The lowest BCUT2D eigenvalue weighted by Gasteiger charge is -2.22. The minimum atomic E-state index is -0.807. The van der Waals surface area contributed by atoms with Crippen molar-refractivity contribution in [1.29, 1.82) is 0 Å². The predicted octanol–water partition coefficient (Wildman–Crippen LogP) is 1.64. The van der Waals surface area contributed by atoms with Gasteiger partial charge in [0, 0.05) is 12.5 Å². The molecule has 7 heteroatoms. The minimum Gasteiger partial charge on any atom is -0.353 e. The molecule has 23 heavy (non-hydrogen) atoms. The van der Waals surface area contributed by atoms with Gasteiger partial charge in [0.1, 0.15) is 17.9 Å². The van der Waals surface area contributed by atoms with E-state index in [1.807, 2.05) is 38.1 Å². The largest absolute Gasteiger partial charge is 0.353 e. The van der Waals surface area contributed by atoms with Crippen molar-refractivity contribution in [2.24, 2.45) is 0 Å². The van der Waals surface area contributed by atoms with Crippen LogP contribution in [0.5, 0.6) is 0 Å². The highest BCUT2D eigenvalue weighted by atomic mass is 16.8. The van der Waals surface area contributed by atoms with Crippen LogP contribution in [0.1, 0.15) is 24.3 Å². The first-order chi connectivity index (χ1) is 11.0. The molecular formula is C16H18N2O5. The Labute approximate surface area is 132 Å². The van der Waals surface area contributed by atoms with Crippen LogP contribution in [0.3, 0.4) is 0 Å². The molecule has 2 aromatic rings. The van der Waals surface area contributed by atoms with E-state index >= 15 is 0 Å². The second-order valence-electron chi connectivity index (χ2n) is 6.21. The first-order valence-electron chi connectivity index (χ1n) is 7.51. The molecule has 122 valence electrons. The molecule has 4 atom stereocenters. The third-order valence-corrected chi connectivity index (χ3v) is 4.21. The Morgan fingerprint density at radius 3 is 2.78 bits per heavy atom. The molecule has 2 fully saturated rings. The summed E-state index contributed by atoms with van der Waals surface area (Å²) in [6, 6.07) is 7.47. The van der Waals surface area contributed by atoms with Crippen LogP contribution >= 0.6 is 0 Å². The molecule has 0 aliphatic carbocycles. The van der Waals surface area contributed by atoms with Gasteiger partial charge < -0.3 is 18.9 Å². The number of nitrogens with zero attached hydrogens (tertiary/aromatic N) is 1. The Morgan fingerprint density at radius 2 is 2.00 bits per heavy atom. The number of hydrogen-bond donors (Lipinski definition) is 1. The number of para-hydroxylation sites is 1. The molecule has 7 nitrogen and oxygen atoms in total. The van der Waals surface area contributed by atoms with Crippen molar-refractivity contribution in [2.45, 2.75) is 44.2 Å². The summed E-state index contributed by atoms with van der Waals surface area (Å²) in [6.45, 7) is 3.62. The van der Waals surface area contributed by atoms with Gasteiger partial charge in [-0.1, -0.05) is 18.2 Å². The molecule has 0 bridgehead atoms. The average molecular weight is 318 g/mol. The Hall–Kier alpha value is -1.80. The van der Waals surface area contributed by atoms with Crippen LogP contribution in [0.4, 0.5) is 0 Å². The molecule has 2 aliphatic rings. The molecule has 0 spiro atoms. The van der Waals surface area contributed by atoms with E-state index in [2.05, 4.69) is 10.2 Å². The fourth-order valence-corrected chi connectivity index (χ4v) is 3.25. The molecule has 0 unspecified atom stereocenters. The zero-order valence-corrected chi connectivity index (χ0v) is 13.1. The zero-order chi connectivity index (χ0) is 16.2. The molecule has 0 amide bonds. The zero-order valence-electron chi connectivity index (χ0n) is 13.1. The monoisotopic (exact) mass is 318 g/mol. The summed E-state index contributed by atoms with van der Waals surface area (Å²) >= 11 is 0. The summed E-state index contributed by atoms with van der Waals surface area (Å²) in [4.78, 5) is 12.9. The van der Waals surface area contributed by atoms with Crippen molar-refractivity contribution in [3.63, 3.8) is 0 Å². The van der Waals surface area contributed by atoms with Crippen LogP contribution in [0.15, 0.2) is 24.3 Å². The highest BCUT2D eigenvalue weighted by molar-refractivity contribution is 6.08. The Balaban J connectivity index is 1.68. The van der Waals surface area contributed by atoms with Crippen LogP contribution in [-0.2, 0) is 18.9 Å². The van der Waals surface area contributed by atoms with E-state index in [-0.39, 0.29) is 5.78 Å². The van der Waals surface area contributed by atoms with Gasteiger partial charge >= 0.3 is 0 Å². The lowest BCUT2D eigenvalue weighted by molar-refractivity contribution is -0.220. The summed E-state index contributed by atoms with van der Waals surface area (Å²) in [6.07, 6.45) is -2.40. The number of H-pyrrole nitrogens is 1. The number of benzene rings is 1. The van der Waals surface area contributed by atoms with E-state index in [1.165, 1.54) is 7.11 Å². The lowest BCUT2D eigenvalue weighted by atomic mass is 10.0. The van der Waals surface area contributed by atoms with Gasteiger partial charge in [-0.05, 0) is 19.9 Å². The molecule has 4 rings (SSSR count). The number of carbonyl (C=O) groups excluding carboxylic acids is 1. The summed E-state index contributed by atoms with van der Waals surface area (Å²) < 4.78 is 22.7. The minimum absolute atomic E-state index is 0.238. The maximum absolute atomic E-state index is 12.9. The molecule has 1 N–H and O–H groups in total.